The molecule has 0 aromatic heterocycles. The van der Waals surface area contributed by atoms with Crippen molar-refractivity contribution < 1.29 is 4.79 Å². The summed E-state index contributed by atoms with van der Waals surface area (Å²) in [6.07, 6.45) is 5.93. The van der Waals surface area contributed by atoms with Crippen LogP contribution in [-0.2, 0) is 4.79 Å². The molecule has 2 unspecified atom stereocenters. The minimum absolute atomic E-state index is 0.162. The highest BCUT2D eigenvalue weighted by atomic mass is 16.2. The number of carbonyl (C=O) groups is 1. The molecular formula is C16H33N3O. The van der Waals surface area contributed by atoms with Crippen molar-refractivity contribution in [2.45, 2.75) is 65.0 Å². The third-order valence-corrected chi connectivity index (χ3v) is 4.11. The summed E-state index contributed by atoms with van der Waals surface area (Å²) < 4.78 is 0. The Morgan fingerprint density at radius 3 is 2.70 bits per heavy atom. The molecule has 4 heteroatoms. The fourth-order valence-corrected chi connectivity index (χ4v) is 2.79. The van der Waals surface area contributed by atoms with E-state index < -0.39 is 0 Å². The largest absolute Gasteiger partial charge is 0.353 e. The van der Waals surface area contributed by atoms with Gasteiger partial charge in [0.2, 0.25) is 5.91 Å². The van der Waals surface area contributed by atoms with Crippen LogP contribution in [0.2, 0.25) is 0 Å². The number of rotatable bonds is 8. The van der Waals surface area contributed by atoms with Gasteiger partial charge in [-0.3, -0.25) is 9.69 Å². The van der Waals surface area contributed by atoms with E-state index in [4.69, 9.17) is 0 Å². The number of amides is 1. The normalized spacial score (nSPS) is 21.2. The summed E-state index contributed by atoms with van der Waals surface area (Å²) in [5.41, 5.74) is 0. The molecule has 118 valence electrons. The van der Waals surface area contributed by atoms with E-state index in [-0.39, 0.29) is 5.91 Å². The van der Waals surface area contributed by atoms with Crippen molar-refractivity contribution in [1.82, 2.24) is 15.5 Å². The lowest BCUT2D eigenvalue weighted by atomic mass is 10.0. The zero-order valence-electron chi connectivity index (χ0n) is 13.7. The van der Waals surface area contributed by atoms with Crippen LogP contribution in [0.5, 0.6) is 0 Å². The van der Waals surface area contributed by atoms with Crippen LogP contribution in [0, 0.1) is 5.92 Å². The lowest BCUT2D eigenvalue weighted by molar-refractivity contribution is -0.123. The summed E-state index contributed by atoms with van der Waals surface area (Å²) in [7, 11) is 2.06. The number of carbonyl (C=O) groups excluding carboxylic acids is 1. The number of piperidine rings is 1. The standard InChI is InChI=1S/C16H33N3O/c1-13(2)7-5-8-14(3)18-16(20)12-19(4)15-9-6-10-17-11-15/h13-15,17H,5-12H2,1-4H3,(H,18,20). The van der Waals surface area contributed by atoms with E-state index in [1.165, 1.54) is 25.7 Å². The quantitative estimate of drug-likeness (QED) is 0.716. The van der Waals surface area contributed by atoms with Crippen LogP contribution in [0.1, 0.15) is 52.9 Å². The van der Waals surface area contributed by atoms with E-state index in [1.807, 2.05) is 0 Å². The van der Waals surface area contributed by atoms with E-state index in [1.54, 1.807) is 0 Å². The highest BCUT2D eigenvalue weighted by molar-refractivity contribution is 5.78. The molecule has 1 fully saturated rings. The number of nitrogens with one attached hydrogen (secondary N) is 2. The molecule has 1 saturated heterocycles. The number of nitrogens with zero attached hydrogens (tertiary/aromatic N) is 1. The van der Waals surface area contributed by atoms with Gasteiger partial charge in [0.15, 0.2) is 0 Å². The average molecular weight is 283 g/mol. The SMILES string of the molecule is CC(C)CCCC(C)NC(=O)CN(C)C1CCCNC1. The molecule has 1 rings (SSSR count). The van der Waals surface area contributed by atoms with Gasteiger partial charge >= 0.3 is 0 Å². The first-order chi connectivity index (χ1) is 9.49. The summed E-state index contributed by atoms with van der Waals surface area (Å²) >= 11 is 0. The van der Waals surface area contributed by atoms with Crippen LogP contribution < -0.4 is 10.6 Å². The smallest absolute Gasteiger partial charge is 0.234 e. The Balaban J connectivity index is 2.17. The number of hydrogen-bond acceptors (Lipinski definition) is 3. The van der Waals surface area contributed by atoms with E-state index in [0.717, 1.165) is 25.4 Å². The van der Waals surface area contributed by atoms with Crippen molar-refractivity contribution in [2.24, 2.45) is 5.92 Å². The zero-order valence-corrected chi connectivity index (χ0v) is 13.7. The Labute approximate surface area is 124 Å². The van der Waals surface area contributed by atoms with Gasteiger partial charge in [0, 0.05) is 18.6 Å². The Morgan fingerprint density at radius 2 is 2.10 bits per heavy atom. The first-order valence-corrected chi connectivity index (χ1v) is 8.19. The summed E-state index contributed by atoms with van der Waals surface area (Å²) in [6.45, 7) is 9.24. The molecule has 0 aliphatic carbocycles. The second-order valence-electron chi connectivity index (χ2n) is 6.71. The predicted molar refractivity (Wildman–Crippen MR) is 84.8 cm³/mol. The monoisotopic (exact) mass is 283 g/mol. The maximum absolute atomic E-state index is 12.0. The second kappa shape index (κ2) is 9.35. The van der Waals surface area contributed by atoms with E-state index >= 15 is 0 Å². The second-order valence-corrected chi connectivity index (χ2v) is 6.71. The van der Waals surface area contributed by atoms with Crippen molar-refractivity contribution in [3.8, 4) is 0 Å². The van der Waals surface area contributed by atoms with Crippen LogP contribution in [-0.4, -0.2) is 49.6 Å². The van der Waals surface area contributed by atoms with Gasteiger partial charge in [-0.05, 0) is 45.7 Å². The van der Waals surface area contributed by atoms with E-state index in [0.29, 0.717) is 18.6 Å². The van der Waals surface area contributed by atoms with E-state index in [2.05, 4.69) is 43.4 Å². The Morgan fingerprint density at radius 1 is 1.35 bits per heavy atom. The molecular weight excluding hydrogens is 250 g/mol. The predicted octanol–water partition coefficient (Wildman–Crippen LogP) is 2.00. The average Bonchev–Trinajstić information content (AvgIpc) is 2.38. The lowest BCUT2D eigenvalue weighted by Gasteiger charge is -2.31. The molecule has 0 spiro atoms. The highest BCUT2D eigenvalue weighted by Gasteiger charge is 2.20. The van der Waals surface area contributed by atoms with Crippen molar-refractivity contribution in [3.63, 3.8) is 0 Å². The van der Waals surface area contributed by atoms with Gasteiger partial charge in [-0.25, -0.2) is 0 Å². The van der Waals surface area contributed by atoms with E-state index in [9.17, 15) is 4.79 Å². The molecule has 4 nitrogen and oxygen atoms in total. The highest BCUT2D eigenvalue weighted by Crippen LogP contribution is 2.09. The molecule has 2 atom stereocenters. The van der Waals surface area contributed by atoms with Crippen LogP contribution in [0.3, 0.4) is 0 Å². The molecule has 1 aliphatic heterocycles. The van der Waals surface area contributed by atoms with Crippen LogP contribution >= 0.6 is 0 Å². The molecule has 0 bridgehead atoms. The maximum Gasteiger partial charge on any atom is 0.234 e. The van der Waals surface area contributed by atoms with Crippen molar-refractivity contribution >= 4 is 5.91 Å². The molecule has 0 saturated carbocycles. The number of hydrogen-bond donors (Lipinski definition) is 2. The Hall–Kier alpha value is -0.610. The number of likely N-dealkylation sites (N-methyl/N-ethyl adjacent to an activating group) is 1. The molecule has 1 heterocycles. The van der Waals surface area contributed by atoms with Crippen molar-refractivity contribution in [3.05, 3.63) is 0 Å². The van der Waals surface area contributed by atoms with Crippen molar-refractivity contribution in [1.29, 1.82) is 0 Å². The zero-order chi connectivity index (χ0) is 15.0. The van der Waals surface area contributed by atoms with Gasteiger partial charge in [0.1, 0.15) is 0 Å². The molecule has 1 amide bonds. The molecule has 20 heavy (non-hydrogen) atoms. The van der Waals surface area contributed by atoms with Gasteiger partial charge in [0.05, 0.1) is 6.54 Å². The van der Waals surface area contributed by atoms with Crippen molar-refractivity contribution in [2.75, 3.05) is 26.7 Å². The van der Waals surface area contributed by atoms with Crippen LogP contribution in [0.4, 0.5) is 0 Å². The molecule has 0 radical (unpaired) electrons. The fourth-order valence-electron chi connectivity index (χ4n) is 2.79. The minimum Gasteiger partial charge on any atom is -0.353 e. The molecule has 1 aliphatic rings. The lowest BCUT2D eigenvalue weighted by Crippen LogP contribution is -2.48. The van der Waals surface area contributed by atoms with Crippen LogP contribution in [0.15, 0.2) is 0 Å². The maximum atomic E-state index is 12.0. The van der Waals surface area contributed by atoms with Gasteiger partial charge in [-0.1, -0.05) is 26.7 Å². The summed E-state index contributed by atoms with van der Waals surface area (Å²) in [5.74, 6) is 0.915. The summed E-state index contributed by atoms with van der Waals surface area (Å²) in [4.78, 5) is 14.2. The van der Waals surface area contributed by atoms with Gasteiger partial charge in [-0.2, -0.15) is 0 Å². The fraction of sp³-hybridized carbons (Fsp3) is 0.938. The molecule has 2 N–H and O–H groups in total. The first kappa shape index (κ1) is 17.4. The van der Waals surface area contributed by atoms with Gasteiger partial charge in [-0.15, -0.1) is 0 Å². The third kappa shape index (κ3) is 7.25. The minimum atomic E-state index is 0.162. The molecule has 0 aromatic rings. The Kier molecular flexibility index (Phi) is 8.15. The van der Waals surface area contributed by atoms with Gasteiger partial charge in [0.25, 0.3) is 0 Å². The third-order valence-electron chi connectivity index (χ3n) is 4.11. The topological polar surface area (TPSA) is 44.4 Å². The van der Waals surface area contributed by atoms with Crippen LogP contribution in [0.25, 0.3) is 0 Å². The summed E-state index contributed by atoms with van der Waals surface area (Å²) in [5, 5.41) is 6.52. The molecule has 0 aromatic carbocycles. The summed E-state index contributed by atoms with van der Waals surface area (Å²) in [6, 6.07) is 0.796. The Bertz CT molecular complexity index is 275. The van der Waals surface area contributed by atoms with Gasteiger partial charge < -0.3 is 10.6 Å². The first-order valence-electron chi connectivity index (χ1n) is 8.19.